The summed E-state index contributed by atoms with van der Waals surface area (Å²) in [6, 6.07) is 51.8. The zero-order chi connectivity index (χ0) is 28.9. The van der Waals surface area contributed by atoms with Gasteiger partial charge in [-0.1, -0.05) is 140 Å². The molecular weight excluding hydrogens is 532 g/mol. The Kier molecular flexibility index (Phi) is 4.65. The molecule has 0 N–H and O–H groups in total. The van der Waals surface area contributed by atoms with Gasteiger partial charge in [-0.2, -0.15) is 0 Å². The number of hydrogen-bond acceptors (Lipinski definition) is 1. The van der Waals surface area contributed by atoms with E-state index in [4.69, 9.17) is 0 Å². The van der Waals surface area contributed by atoms with Crippen LogP contribution < -0.4 is 0 Å². The number of carbonyl (C=O) groups is 1. The van der Waals surface area contributed by atoms with Crippen molar-refractivity contribution >= 4 is 70.4 Å². The Morgan fingerprint density at radius 1 is 0.273 bits per heavy atom. The lowest BCUT2D eigenvalue weighted by molar-refractivity contribution is 0.104. The first kappa shape index (κ1) is 23.7. The number of hydrogen-bond donors (Lipinski definition) is 0. The van der Waals surface area contributed by atoms with Gasteiger partial charge in [0.1, 0.15) is 0 Å². The highest BCUT2D eigenvalue weighted by Gasteiger charge is 2.31. The summed E-state index contributed by atoms with van der Waals surface area (Å²) in [5, 5.41) is 14.2. The molecule has 10 rings (SSSR count). The smallest absolute Gasteiger partial charge is 0.194 e. The second kappa shape index (κ2) is 8.63. The van der Waals surface area contributed by atoms with Gasteiger partial charge >= 0.3 is 0 Å². The van der Waals surface area contributed by atoms with Crippen molar-refractivity contribution in [1.29, 1.82) is 0 Å². The third kappa shape index (κ3) is 2.96. The molecule has 0 amide bonds. The van der Waals surface area contributed by atoms with Gasteiger partial charge in [0.05, 0.1) is 0 Å². The predicted molar refractivity (Wildman–Crippen MR) is 186 cm³/mol. The standard InChI is InChI=1S/C43H24O/c44-43-35-22-10-21-34-38(31-20-9-13-25-11-1-3-14-27(25)31)40-32-18-7-5-16-29(32)30-17-6-8-19-33(30)41(40)42(39(34)35)37-28-15-4-2-12-26(28)23-24-36(37)43/h1-24H. The van der Waals surface area contributed by atoms with Gasteiger partial charge in [0.15, 0.2) is 5.78 Å². The summed E-state index contributed by atoms with van der Waals surface area (Å²) < 4.78 is 0. The van der Waals surface area contributed by atoms with Gasteiger partial charge in [-0.05, 0) is 76.4 Å². The molecule has 44 heavy (non-hydrogen) atoms. The molecule has 9 aromatic carbocycles. The van der Waals surface area contributed by atoms with E-state index in [2.05, 4.69) is 133 Å². The van der Waals surface area contributed by atoms with E-state index in [0.29, 0.717) is 0 Å². The fourth-order valence-corrected chi connectivity index (χ4v) is 7.99. The molecule has 0 aliphatic heterocycles. The van der Waals surface area contributed by atoms with Gasteiger partial charge in [-0.25, -0.2) is 0 Å². The minimum Gasteiger partial charge on any atom is -0.289 e. The second-order valence-electron chi connectivity index (χ2n) is 11.9. The number of benzene rings is 9. The van der Waals surface area contributed by atoms with Gasteiger partial charge in [0, 0.05) is 27.6 Å². The summed E-state index contributed by atoms with van der Waals surface area (Å²) in [5.74, 6) is 0.0946. The van der Waals surface area contributed by atoms with Gasteiger partial charge in [-0.3, -0.25) is 4.79 Å². The molecule has 202 valence electrons. The quantitative estimate of drug-likeness (QED) is 0.145. The highest BCUT2D eigenvalue weighted by atomic mass is 16.1. The number of carbonyl (C=O) groups excluding carboxylic acids is 1. The number of ketones is 1. The summed E-state index contributed by atoms with van der Waals surface area (Å²) in [5.41, 5.74) is 6.15. The van der Waals surface area contributed by atoms with Gasteiger partial charge in [-0.15, -0.1) is 0 Å². The highest BCUT2D eigenvalue weighted by molar-refractivity contribution is 6.42. The molecule has 0 atom stereocenters. The van der Waals surface area contributed by atoms with Crippen molar-refractivity contribution in [1.82, 2.24) is 0 Å². The largest absolute Gasteiger partial charge is 0.289 e. The van der Waals surface area contributed by atoms with Crippen LogP contribution in [0.5, 0.6) is 0 Å². The Morgan fingerprint density at radius 3 is 1.50 bits per heavy atom. The normalized spacial score (nSPS) is 12.6. The first-order valence-corrected chi connectivity index (χ1v) is 15.2. The second-order valence-corrected chi connectivity index (χ2v) is 11.9. The third-order valence-corrected chi connectivity index (χ3v) is 9.74. The van der Waals surface area contributed by atoms with Crippen molar-refractivity contribution in [2.45, 2.75) is 0 Å². The van der Waals surface area contributed by atoms with Crippen LogP contribution in [0.1, 0.15) is 15.9 Å². The van der Waals surface area contributed by atoms with E-state index in [0.717, 1.165) is 38.2 Å². The van der Waals surface area contributed by atoms with E-state index >= 15 is 0 Å². The molecule has 0 bridgehead atoms. The van der Waals surface area contributed by atoms with Crippen molar-refractivity contribution in [2.75, 3.05) is 0 Å². The molecule has 0 saturated heterocycles. The molecule has 0 unspecified atom stereocenters. The van der Waals surface area contributed by atoms with E-state index < -0.39 is 0 Å². The zero-order valence-corrected chi connectivity index (χ0v) is 23.8. The van der Waals surface area contributed by atoms with Crippen LogP contribution in [0.2, 0.25) is 0 Å². The minimum absolute atomic E-state index is 0.0946. The maximum absolute atomic E-state index is 14.4. The SMILES string of the molecule is O=C1c2ccc3ccccc3c2-c2c3c1cccc3c(-c1cccc3ccccc13)c1c3ccccc3c3ccccc3c21. The Hall–Kier alpha value is -5.79. The lowest BCUT2D eigenvalue weighted by atomic mass is 9.74. The van der Waals surface area contributed by atoms with Crippen LogP contribution >= 0.6 is 0 Å². The van der Waals surface area contributed by atoms with Gasteiger partial charge < -0.3 is 0 Å². The first-order valence-electron chi connectivity index (χ1n) is 15.2. The van der Waals surface area contributed by atoms with Crippen LogP contribution in [0.4, 0.5) is 0 Å². The van der Waals surface area contributed by atoms with Crippen LogP contribution in [-0.4, -0.2) is 5.78 Å². The summed E-state index contributed by atoms with van der Waals surface area (Å²) >= 11 is 0. The van der Waals surface area contributed by atoms with E-state index in [9.17, 15) is 4.79 Å². The van der Waals surface area contributed by atoms with Crippen LogP contribution in [0, 0.1) is 0 Å². The van der Waals surface area contributed by atoms with Crippen molar-refractivity contribution in [3.8, 4) is 22.3 Å². The summed E-state index contributed by atoms with van der Waals surface area (Å²) in [6.45, 7) is 0. The fourth-order valence-electron chi connectivity index (χ4n) is 7.99. The van der Waals surface area contributed by atoms with Gasteiger partial charge in [0.2, 0.25) is 0 Å². The molecule has 0 spiro atoms. The molecule has 1 aliphatic carbocycles. The van der Waals surface area contributed by atoms with Crippen LogP contribution in [0.25, 0.3) is 86.9 Å². The van der Waals surface area contributed by atoms with E-state index in [1.807, 2.05) is 12.1 Å². The van der Waals surface area contributed by atoms with E-state index in [1.165, 1.54) is 59.8 Å². The summed E-state index contributed by atoms with van der Waals surface area (Å²) in [4.78, 5) is 14.4. The Bertz CT molecular complexity index is 2720. The maximum atomic E-state index is 14.4. The predicted octanol–water partition coefficient (Wildman–Crippen LogP) is 11.5. The first-order chi connectivity index (χ1) is 21.8. The lowest BCUT2D eigenvalue weighted by Gasteiger charge is -2.27. The van der Waals surface area contributed by atoms with Crippen LogP contribution in [0.15, 0.2) is 146 Å². The minimum atomic E-state index is 0.0946. The molecule has 9 aromatic rings. The molecule has 0 heterocycles. The Labute approximate surface area is 253 Å². The molecule has 0 aromatic heterocycles. The molecule has 1 nitrogen and oxygen atoms in total. The van der Waals surface area contributed by atoms with Gasteiger partial charge in [0.25, 0.3) is 0 Å². The Balaban J connectivity index is 1.60. The van der Waals surface area contributed by atoms with E-state index in [-0.39, 0.29) is 5.78 Å². The molecule has 0 saturated carbocycles. The topological polar surface area (TPSA) is 17.1 Å². The monoisotopic (exact) mass is 556 g/mol. The van der Waals surface area contributed by atoms with Crippen LogP contribution in [0.3, 0.4) is 0 Å². The van der Waals surface area contributed by atoms with E-state index in [1.54, 1.807) is 0 Å². The zero-order valence-electron chi connectivity index (χ0n) is 23.8. The molecule has 1 aliphatic rings. The molecule has 0 fully saturated rings. The fraction of sp³-hybridized carbons (Fsp3) is 0. The third-order valence-electron chi connectivity index (χ3n) is 9.74. The van der Waals surface area contributed by atoms with Crippen molar-refractivity contribution < 1.29 is 4.79 Å². The molecule has 0 radical (unpaired) electrons. The van der Waals surface area contributed by atoms with Crippen molar-refractivity contribution in [3.05, 3.63) is 157 Å². The number of fused-ring (bicyclic) bond motifs is 12. The number of rotatable bonds is 1. The highest BCUT2D eigenvalue weighted by Crippen LogP contribution is 2.54. The average Bonchev–Trinajstić information content (AvgIpc) is 3.09. The summed E-state index contributed by atoms with van der Waals surface area (Å²) in [7, 11) is 0. The lowest BCUT2D eigenvalue weighted by Crippen LogP contribution is -2.11. The van der Waals surface area contributed by atoms with Crippen molar-refractivity contribution in [3.63, 3.8) is 0 Å². The molecular formula is C43H24O. The maximum Gasteiger partial charge on any atom is 0.194 e. The molecule has 1 heteroatoms. The van der Waals surface area contributed by atoms with Crippen LogP contribution in [-0.2, 0) is 0 Å². The summed E-state index contributed by atoms with van der Waals surface area (Å²) in [6.07, 6.45) is 0. The average molecular weight is 557 g/mol. The van der Waals surface area contributed by atoms with Crippen molar-refractivity contribution in [2.24, 2.45) is 0 Å². The Morgan fingerprint density at radius 2 is 0.773 bits per heavy atom.